The Morgan fingerprint density at radius 3 is 2.94 bits per heavy atom. The van der Waals surface area contributed by atoms with Crippen LogP contribution in [0.1, 0.15) is 5.82 Å². The number of benzene rings is 1. The number of carboxylic acid groups (broad SMARTS) is 1. The maximum Gasteiger partial charge on any atom is 0.328 e. The van der Waals surface area contributed by atoms with Crippen LogP contribution in [0, 0.1) is 0 Å². The van der Waals surface area contributed by atoms with E-state index in [1.165, 1.54) is 6.08 Å². The summed E-state index contributed by atoms with van der Waals surface area (Å²) >= 11 is 0. The van der Waals surface area contributed by atoms with E-state index in [1.807, 2.05) is 25.2 Å². The maximum atomic E-state index is 10.5. The molecule has 5 heteroatoms. The largest absolute Gasteiger partial charge is 0.494 e. The molecule has 2 aromatic rings. The number of methoxy groups -OCH3 is 1. The quantitative estimate of drug-likeness (QED) is 0.818. The average molecular weight is 232 g/mol. The number of nitrogens with zero attached hydrogens (tertiary/aromatic N) is 2. The molecular weight excluding hydrogens is 220 g/mol. The van der Waals surface area contributed by atoms with E-state index in [2.05, 4.69) is 4.98 Å². The van der Waals surface area contributed by atoms with E-state index in [1.54, 1.807) is 11.7 Å². The average Bonchev–Trinajstić information content (AvgIpc) is 2.64. The number of para-hydroxylation sites is 1. The number of hydrogen-bond donors (Lipinski definition) is 1. The molecule has 5 nitrogen and oxygen atoms in total. The molecule has 0 amide bonds. The van der Waals surface area contributed by atoms with Gasteiger partial charge in [-0.3, -0.25) is 0 Å². The van der Waals surface area contributed by atoms with Crippen molar-refractivity contribution in [2.45, 2.75) is 0 Å². The van der Waals surface area contributed by atoms with Crippen molar-refractivity contribution in [3.8, 4) is 5.75 Å². The first-order valence-corrected chi connectivity index (χ1v) is 5.04. The molecule has 0 unspecified atom stereocenters. The lowest BCUT2D eigenvalue weighted by Gasteiger charge is -2.03. The third-order valence-corrected chi connectivity index (χ3v) is 2.49. The lowest BCUT2D eigenvalue weighted by atomic mass is 10.3. The van der Waals surface area contributed by atoms with Gasteiger partial charge in [-0.25, -0.2) is 9.78 Å². The van der Waals surface area contributed by atoms with Crippen LogP contribution in [0.5, 0.6) is 5.75 Å². The summed E-state index contributed by atoms with van der Waals surface area (Å²) in [5, 5.41) is 8.59. The number of ether oxygens (including phenoxy) is 1. The molecule has 0 aliphatic heterocycles. The zero-order chi connectivity index (χ0) is 12.4. The van der Waals surface area contributed by atoms with Crippen LogP contribution < -0.4 is 4.74 Å². The third-order valence-electron chi connectivity index (χ3n) is 2.49. The molecule has 0 atom stereocenters. The molecule has 2 rings (SSSR count). The molecule has 0 saturated heterocycles. The van der Waals surface area contributed by atoms with Gasteiger partial charge in [-0.2, -0.15) is 0 Å². The van der Waals surface area contributed by atoms with Crippen molar-refractivity contribution >= 4 is 23.1 Å². The monoisotopic (exact) mass is 232 g/mol. The number of fused-ring (bicyclic) bond motifs is 1. The maximum absolute atomic E-state index is 10.5. The van der Waals surface area contributed by atoms with Gasteiger partial charge in [-0.05, 0) is 18.2 Å². The SMILES string of the molecule is COc1cccc2nc(/C=C/C(=O)O)n(C)c12. The van der Waals surface area contributed by atoms with E-state index >= 15 is 0 Å². The lowest BCUT2D eigenvalue weighted by molar-refractivity contribution is -0.131. The fourth-order valence-electron chi connectivity index (χ4n) is 1.71. The zero-order valence-corrected chi connectivity index (χ0v) is 9.54. The summed E-state index contributed by atoms with van der Waals surface area (Å²) < 4.78 is 7.05. The van der Waals surface area contributed by atoms with Crippen LogP contribution in [0.25, 0.3) is 17.1 Å². The first kappa shape index (κ1) is 11.2. The van der Waals surface area contributed by atoms with Gasteiger partial charge < -0.3 is 14.4 Å². The minimum atomic E-state index is -0.996. The standard InChI is InChI=1S/C12H12N2O3/c1-14-10(6-7-11(15)16)13-8-4-3-5-9(17-2)12(8)14/h3-7H,1-2H3,(H,15,16)/b7-6+. The Kier molecular flexibility index (Phi) is 2.82. The van der Waals surface area contributed by atoms with E-state index in [9.17, 15) is 4.79 Å². The molecule has 17 heavy (non-hydrogen) atoms. The van der Waals surface area contributed by atoms with Crippen molar-refractivity contribution in [2.75, 3.05) is 7.11 Å². The summed E-state index contributed by atoms with van der Waals surface area (Å²) in [6, 6.07) is 5.55. The van der Waals surface area contributed by atoms with Crippen LogP contribution >= 0.6 is 0 Å². The molecule has 0 spiro atoms. The Morgan fingerprint density at radius 1 is 1.53 bits per heavy atom. The second-order valence-electron chi connectivity index (χ2n) is 3.53. The Morgan fingerprint density at radius 2 is 2.29 bits per heavy atom. The van der Waals surface area contributed by atoms with Crippen molar-refractivity contribution < 1.29 is 14.6 Å². The second-order valence-corrected chi connectivity index (χ2v) is 3.53. The van der Waals surface area contributed by atoms with Crippen LogP contribution in [0.15, 0.2) is 24.3 Å². The first-order chi connectivity index (χ1) is 8.13. The van der Waals surface area contributed by atoms with Crippen LogP contribution in [-0.2, 0) is 11.8 Å². The van der Waals surface area contributed by atoms with Crippen LogP contribution in [0.4, 0.5) is 0 Å². The number of hydrogen-bond acceptors (Lipinski definition) is 3. The first-order valence-electron chi connectivity index (χ1n) is 5.04. The van der Waals surface area contributed by atoms with Gasteiger partial charge in [0.25, 0.3) is 0 Å². The molecule has 0 aliphatic carbocycles. The second kappa shape index (κ2) is 4.29. The van der Waals surface area contributed by atoms with Crippen molar-refractivity contribution in [1.29, 1.82) is 0 Å². The Hall–Kier alpha value is -2.30. The number of carboxylic acids is 1. The normalized spacial score (nSPS) is 11.2. The molecule has 1 N–H and O–H groups in total. The van der Waals surface area contributed by atoms with Crippen LogP contribution in [-0.4, -0.2) is 27.7 Å². The van der Waals surface area contributed by atoms with Crippen molar-refractivity contribution in [2.24, 2.45) is 7.05 Å². The number of aliphatic carboxylic acids is 1. The minimum absolute atomic E-state index is 0.576. The van der Waals surface area contributed by atoms with Crippen molar-refractivity contribution in [3.63, 3.8) is 0 Å². The van der Waals surface area contributed by atoms with E-state index < -0.39 is 5.97 Å². The van der Waals surface area contributed by atoms with Gasteiger partial charge in [0.1, 0.15) is 17.1 Å². The van der Waals surface area contributed by atoms with E-state index in [0.29, 0.717) is 11.6 Å². The predicted molar refractivity (Wildman–Crippen MR) is 63.9 cm³/mol. The number of aryl methyl sites for hydroxylation is 1. The highest BCUT2D eigenvalue weighted by Gasteiger charge is 2.09. The van der Waals surface area contributed by atoms with Gasteiger partial charge in [0.05, 0.1) is 12.6 Å². The topological polar surface area (TPSA) is 64.3 Å². The summed E-state index contributed by atoms with van der Waals surface area (Å²) in [5.41, 5.74) is 1.62. The fraction of sp³-hybridized carbons (Fsp3) is 0.167. The Labute approximate surface area is 98.0 Å². The highest BCUT2D eigenvalue weighted by atomic mass is 16.5. The smallest absolute Gasteiger partial charge is 0.328 e. The Bertz CT molecular complexity index is 599. The predicted octanol–water partition coefficient (Wildman–Crippen LogP) is 1.68. The number of rotatable bonds is 3. The molecule has 88 valence electrons. The molecule has 0 bridgehead atoms. The van der Waals surface area contributed by atoms with E-state index in [4.69, 9.17) is 9.84 Å². The molecule has 1 aromatic heterocycles. The molecule has 0 aliphatic rings. The molecule has 0 fully saturated rings. The van der Waals surface area contributed by atoms with Crippen molar-refractivity contribution in [1.82, 2.24) is 9.55 Å². The highest BCUT2D eigenvalue weighted by molar-refractivity contribution is 5.87. The molecular formula is C12H12N2O3. The molecule has 0 radical (unpaired) electrons. The number of imidazole rings is 1. The van der Waals surface area contributed by atoms with E-state index in [0.717, 1.165) is 17.1 Å². The van der Waals surface area contributed by atoms with Crippen LogP contribution in [0.3, 0.4) is 0 Å². The van der Waals surface area contributed by atoms with E-state index in [-0.39, 0.29) is 0 Å². The number of aromatic nitrogens is 2. The van der Waals surface area contributed by atoms with Gasteiger partial charge in [-0.1, -0.05) is 6.07 Å². The molecule has 0 saturated carbocycles. The summed E-state index contributed by atoms with van der Waals surface area (Å²) in [6.45, 7) is 0. The third kappa shape index (κ3) is 1.99. The molecule has 1 aromatic carbocycles. The minimum Gasteiger partial charge on any atom is -0.494 e. The fourth-order valence-corrected chi connectivity index (χ4v) is 1.71. The van der Waals surface area contributed by atoms with Gasteiger partial charge in [0.2, 0.25) is 0 Å². The lowest BCUT2D eigenvalue weighted by Crippen LogP contribution is -1.95. The summed E-state index contributed by atoms with van der Waals surface area (Å²) in [7, 11) is 3.41. The highest BCUT2D eigenvalue weighted by Crippen LogP contribution is 2.25. The van der Waals surface area contributed by atoms with Crippen molar-refractivity contribution in [3.05, 3.63) is 30.1 Å². The molecule has 1 heterocycles. The van der Waals surface area contributed by atoms with Gasteiger partial charge in [-0.15, -0.1) is 0 Å². The zero-order valence-electron chi connectivity index (χ0n) is 9.54. The summed E-state index contributed by atoms with van der Waals surface area (Å²) in [6.07, 6.45) is 2.52. The summed E-state index contributed by atoms with van der Waals surface area (Å²) in [4.78, 5) is 14.8. The van der Waals surface area contributed by atoms with Gasteiger partial charge in [0.15, 0.2) is 0 Å². The summed E-state index contributed by atoms with van der Waals surface area (Å²) in [5.74, 6) is 0.295. The van der Waals surface area contributed by atoms with Gasteiger partial charge in [0, 0.05) is 13.1 Å². The number of carbonyl (C=O) groups is 1. The van der Waals surface area contributed by atoms with Gasteiger partial charge >= 0.3 is 5.97 Å². The van der Waals surface area contributed by atoms with Crippen LogP contribution in [0.2, 0.25) is 0 Å². The Balaban J connectivity index is 2.61.